The van der Waals surface area contributed by atoms with Crippen LogP contribution in [0.3, 0.4) is 0 Å². The van der Waals surface area contributed by atoms with Crippen molar-refractivity contribution in [3.8, 4) is 0 Å². The summed E-state index contributed by atoms with van der Waals surface area (Å²) in [6.07, 6.45) is 6.28. The van der Waals surface area contributed by atoms with Gasteiger partial charge in [0.15, 0.2) is 0 Å². The molecule has 1 heterocycles. The van der Waals surface area contributed by atoms with Crippen molar-refractivity contribution in [3.63, 3.8) is 0 Å². The Balaban J connectivity index is 2.32. The van der Waals surface area contributed by atoms with Gasteiger partial charge in [-0.1, -0.05) is 20.3 Å². The average Bonchev–Trinajstić information content (AvgIpc) is 2.18. The van der Waals surface area contributed by atoms with E-state index in [2.05, 4.69) is 13.8 Å². The van der Waals surface area contributed by atoms with Crippen molar-refractivity contribution in [2.45, 2.75) is 57.4 Å². The molecule has 3 atom stereocenters. The fraction of sp³-hybridized carbons (Fsp3) is 1.00. The van der Waals surface area contributed by atoms with Crippen molar-refractivity contribution >= 4 is 11.6 Å². The quantitative estimate of drug-likeness (QED) is 0.636. The van der Waals surface area contributed by atoms with Gasteiger partial charge in [-0.05, 0) is 31.6 Å². The minimum atomic E-state index is 0.378. The van der Waals surface area contributed by atoms with E-state index in [1.54, 1.807) is 0 Å². The summed E-state index contributed by atoms with van der Waals surface area (Å²) in [7, 11) is 0. The monoisotopic (exact) mass is 204 g/mol. The molecule has 0 N–H and O–H groups in total. The topological polar surface area (TPSA) is 9.23 Å². The van der Waals surface area contributed by atoms with E-state index >= 15 is 0 Å². The molecule has 3 unspecified atom stereocenters. The van der Waals surface area contributed by atoms with E-state index in [9.17, 15) is 0 Å². The van der Waals surface area contributed by atoms with E-state index in [4.69, 9.17) is 16.3 Å². The zero-order chi connectivity index (χ0) is 9.68. The lowest BCUT2D eigenvalue weighted by molar-refractivity contribution is -0.0115. The predicted octanol–water partition coefficient (Wildman–Crippen LogP) is 3.60. The molecule has 0 aromatic carbocycles. The van der Waals surface area contributed by atoms with Crippen molar-refractivity contribution in [2.75, 3.05) is 6.61 Å². The molecule has 0 aliphatic carbocycles. The molecule has 1 aliphatic rings. The maximum Gasteiger partial charge on any atom is 0.0575 e. The molecule has 1 aliphatic heterocycles. The summed E-state index contributed by atoms with van der Waals surface area (Å²) in [4.78, 5) is 0. The van der Waals surface area contributed by atoms with Crippen LogP contribution in [0, 0.1) is 5.92 Å². The van der Waals surface area contributed by atoms with E-state index < -0.39 is 0 Å². The van der Waals surface area contributed by atoms with Crippen molar-refractivity contribution in [1.29, 1.82) is 0 Å². The number of ether oxygens (including phenoxy) is 1. The lowest BCUT2D eigenvalue weighted by Crippen LogP contribution is -2.30. The molecule has 0 spiro atoms. The lowest BCUT2D eigenvalue weighted by atomic mass is 9.89. The molecule has 0 bridgehead atoms. The Morgan fingerprint density at radius 2 is 2.23 bits per heavy atom. The molecular weight excluding hydrogens is 184 g/mol. The van der Waals surface area contributed by atoms with Gasteiger partial charge in [0.2, 0.25) is 0 Å². The Kier molecular flexibility index (Phi) is 5.12. The zero-order valence-corrected chi connectivity index (χ0v) is 9.52. The van der Waals surface area contributed by atoms with Gasteiger partial charge in [0.05, 0.1) is 6.10 Å². The van der Waals surface area contributed by atoms with Crippen LogP contribution in [0.5, 0.6) is 0 Å². The number of rotatable bonds is 4. The molecule has 0 aromatic heterocycles. The summed E-state index contributed by atoms with van der Waals surface area (Å²) in [6.45, 7) is 5.30. The molecule has 13 heavy (non-hydrogen) atoms. The highest BCUT2D eigenvalue weighted by Crippen LogP contribution is 2.29. The molecule has 1 saturated heterocycles. The van der Waals surface area contributed by atoms with Crippen LogP contribution in [0.1, 0.15) is 46.0 Å². The molecule has 0 radical (unpaired) electrons. The third-order valence-electron chi connectivity index (χ3n) is 2.94. The Morgan fingerprint density at radius 3 is 2.85 bits per heavy atom. The van der Waals surface area contributed by atoms with E-state index in [0.717, 1.165) is 25.9 Å². The van der Waals surface area contributed by atoms with Gasteiger partial charge in [0, 0.05) is 12.0 Å². The van der Waals surface area contributed by atoms with Crippen molar-refractivity contribution < 1.29 is 4.74 Å². The molecule has 2 heteroatoms. The second-order valence-electron chi connectivity index (χ2n) is 3.99. The minimum absolute atomic E-state index is 0.378. The van der Waals surface area contributed by atoms with E-state index in [1.807, 2.05) is 0 Å². The second kappa shape index (κ2) is 5.87. The van der Waals surface area contributed by atoms with Crippen LogP contribution in [-0.2, 0) is 4.74 Å². The Labute approximate surface area is 86.8 Å². The fourth-order valence-electron chi connectivity index (χ4n) is 2.03. The van der Waals surface area contributed by atoms with Crippen LogP contribution >= 0.6 is 11.6 Å². The SMILES string of the molecule is CCCC(Cl)C1CCOC(CC)C1. The van der Waals surface area contributed by atoms with Crippen molar-refractivity contribution in [1.82, 2.24) is 0 Å². The number of halogens is 1. The first-order valence-corrected chi connectivity index (χ1v) is 5.97. The molecule has 0 aromatic rings. The highest BCUT2D eigenvalue weighted by atomic mass is 35.5. The van der Waals surface area contributed by atoms with Crippen molar-refractivity contribution in [3.05, 3.63) is 0 Å². The fourth-order valence-corrected chi connectivity index (χ4v) is 2.48. The first kappa shape index (κ1) is 11.3. The first-order chi connectivity index (χ1) is 6.27. The molecule has 1 nitrogen and oxygen atoms in total. The van der Waals surface area contributed by atoms with Crippen LogP contribution in [0.2, 0.25) is 0 Å². The third kappa shape index (κ3) is 3.47. The highest BCUT2D eigenvalue weighted by Gasteiger charge is 2.26. The van der Waals surface area contributed by atoms with E-state index in [1.165, 1.54) is 12.8 Å². The maximum absolute atomic E-state index is 6.33. The number of hydrogen-bond donors (Lipinski definition) is 0. The molecule has 0 saturated carbocycles. The average molecular weight is 205 g/mol. The van der Waals surface area contributed by atoms with Crippen LogP contribution in [0.25, 0.3) is 0 Å². The first-order valence-electron chi connectivity index (χ1n) is 5.53. The van der Waals surface area contributed by atoms with Gasteiger partial charge >= 0.3 is 0 Å². The molecule has 1 rings (SSSR count). The summed E-state index contributed by atoms with van der Waals surface area (Å²) in [5.41, 5.74) is 0. The number of alkyl halides is 1. The summed E-state index contributed by atoms with van der Waals surface area (Å²) < 4.78 is 5.63. The van der Waals surface area contributed by atoms with Gasteiger partial charge in [0.25, 0.3) is 0 Å². The Morgan fingerprint density at radius 1 is 1.46 bits per heavy atom. The summed E-state index contributed by atoms with van der Waals surface area (Å²) in [5.74, 6) is 0.695. The van der Waals surface area contributed by atoms with Crippen molar-refractivity contribution in [2.24, 2.45) is 5.92 Å². The van der Waals surface area contributed by atoms with Crippen LogP contribution in [0.15, 0.2) is 0 Å². The van der Waals surface area contributed by atoms with E-state index in [-0.39, 0.29) is 0 Å². The van der Waals surface area contributed by atoms with Gasteiger partial charge in [-0.25, -0.2) is 0 Å². The van der Waals surface area contributed by atoms with Crippen LogP contribution in [-0.4, -0.2) is 18.1 Å². The number of hydrogen-bond acceptors (Lipinski definition) is 1. The summed E-state index contributed by atoms with van der Waals surface area (Å²) >= 11 is 6.33. The Bertz CT molecular complexity index is 138. The van der Waals surface area contributed by atoms with E-state index in [0.29, 0.717) is 17.4 Å². The third-order valence-corrected chi connectivity index (χ3v) is 3.51. The van der Waals surface area contributed by atoms with Crippen LogP contribution in [0.4, 0.5) is 0 Å². The summed E-state index contributed by atoms with van der Waals surface area (Å²) in [5, 5.41) is 0.378. The molecule has 78 valence electrons. The largest absolute Gasteiger partial charge is 0.378 e. The zero-order valence-electron chi connectivity index (χ0n) is 8.76. The maximum atomic E-state index is 6.33. The smallest absolute Gasteiger partial charge is 0.0575 e. The summed E-state index contributed by atoms with van der Waals surface area (Å²) in [6, 6.07) is 0. The highest BCUT2D eigenvalue weighted by molar-refractivity contribution is 6.20. The minimum Gasteiger partial charge on any atom is -0.378 e. The molecule has 0 amide bonds. The second-order valence-corrected chi connectivity index (χ2v) is 4.55. The predicted molar refractivity (Wildman–Crippen MR) is 57.3 cm³/mol. The van der Waals surface area contributed by atoms with Crippen LogP contribution < -0.4 is 0 Å². The normalized spacial score (nSPS) is 31.6. The van der Waals surface area contributed by atoms with Gasteiger partial charge in [-0.2, -0.15) is 0 Å². The Hall–Kier alpha value is 0.250. The standard InChI is InChI=1S/C11H21ClO/c1-3-5-11(12)9-6-7-13-10(4-2)8-9/h9-11H,3-8H2,1-2H3. The molecule has 1 fully saturated rings. The van der Waals surface area contributed by atoms with Gasteiger partial charge in [0.1, 0.15) is 0 Å². The van der Waals surface area contributed by atoms with Gasteiger partial charge in [-0.15, -0.1) is 11.6 Å². The lowest BCUT2D eigenvalue weighted by Gasteiger charge is -2.31. The van der Waals surface area contributed by atoms with Gasteiger partial charge in [-0.3, -0.25) is 0 Å². The molecular formula is C11H21ClO. The van der Waals surface area contributed by atoms with Gasteiger partial charge < -0.3 is 4.74 Å².